The highest BCUT2D eigenvalue weighted by Gasteiger charge is 2.21. The first kappa shape index (κ1) is 15.6. The van der Waals surface area contributed by atoms with E-state index < -0.39 is 10.0 Å². The van der Waals surface area contributed by atoms with Gasteiger partial charge >= 0.3 is 0 Å². The lowest BCUT2D eigenvalue weighted by Crippen LogP contribution is -2.21. The number of hydrogen-bond acceptors (Lipinski definition) is 4. The highest BCUT2D eigenvalue weighted by atomic mass is 32.2. The minimum atomic E-state index is -3.46. The van der Waals surface area contributed by atoms with Crippen LogP contribution in [0.2, 0.25) is 0 Å². The summed E-state index contributed by atoms with van der Waals surface area (Å²) in [5, 5.41) is 3.81. The van der Waals surface area contributed by atoms with E-state index in [0.717, 1.165) is 5.56 Å². The molecule has 0 aliphatic carbocycles. The van der Waals surface area contributed by atoms with Gasteiger partial charge in [0.25, 0.3) is 0 Å². The Balaban J connectivity index is 2.14. The molecular formula is C15H20N2O3S. The predicted octanol–water partition coefficient (Wildman–Crippen LogP) is 3.09. The van der Waals surface area contributed by atoms with Crippen molar-refractivity contribution in [1.29, 1.82) is 0 Å². The van der Waals surface area contributed by atoms with Gasteiger partial charge in [-0.05, 0) is 18.4 Å². The summed E-state index contributed by atoms with van der Waals surface area (Å²) >= 11 is 0. The topological polar surface area (TPSA) is 72.2 Å². The minimum Gasteiger partial charge on any atom is -0.359 e. The van der Waals surface area contributed by atoms with Gasteiger partial charge in [-0.2, -0.15) is 0 Å². The van der Waals surface area contributed by atoms with Crippen molar-refractivity contribution in [1.82, 2.24) is 5.16 Å². The fourth-order valence-electron chi connectivity index (χ4n) is 2.19. The Morgan fingerprint density at radius 3 is 2.57 bits per heavy atom. The van der Waals surface area contributed by atoms with Crippen molar-refractivity contribution in [2.75, 3.05) is 10.5 Å². The maximum absolute atomic E-state index is 12.3. The number of anilines is 1. The van der Waals surface area contributed by atoms with Crippen LogP contribution in [0.1, 0.15) is 36.8 Å². The lowest BCUT2D eigenvalue weighted by atomic mass is 10.0. The van der Waals surface area contributed by atoms with Crippen LogP contribution in [0.25, 0.3) is 0 Å². The van der Waals surface area contributed by atoms with E-state index in [1.165, 1.54) is 0 Å². The van der Waals surface area contributed by atoms with Crippen LogP contribution in [0.15, 0.2) is 34.9 Å². The molecule has 0 saturated carbocycles. The van der Waals surface area contributed by atoms with Crippen molar-refractivity contribution in [2.24, 2.45) is 0 Å². The van der Waals surface area contributed by atoms with Crippen LogP contribution in [-0.2, 0) is 16.4 Å². The van der Waals surface area contributed by atoms with E-state index in [-0.39, 0.29) is 11.7 Å². The van der Waals surface area contributed by atoms with Gasteiger partial charge in [-0.1, -0.05) is 49.3 Å². The lowest BCUT2D eigenvalue weighted by molar-refractivity contribution is 0.383. The van der Waals surface area contributed by atoms with E-state index >= 15 is 0 Å². The highest BCUT2D eigenvalue weighted by Crippen LogP contribution is 2.24. The SMILES string of the molecule is CCc1onc(C)c1NS(=O)(=O)C[C@@H](C)c1ccccc1. The molecule has 0 bridgehead atoms. The fraction of sp³-hybridized carbons (Fsp3) is 0.400. The van der Waals surface area contributed by atoms with E-state index in [1.54, 1.807) is 6.92 Å². The minimum absolute atomic E-state index is 0.0186. The van der Waals surface area contributed by atoms with Crippen molar-refractivity contribution in [2.45, 2.75) is 33.1 Å². The van der Waals surface area contributed by atoms with E-state index in [2.05, 4.69) is 9.88 Å². The number of nitrogens with one attached hydrogen (secondary N) is 1. The average Bonchev–Trinajstić information content (AvgIpc) is 2.79. The van der Waals surface area contributed by atoms with Gasteiger partial charge in [0.1, 0.15) is 11.4 Å². The molecule has 5 nitrogen and oxygen atoms in total. The van der Waals surface area contributed by atoms with E-state index in [0.29, 0.717) is 23.6 Å². The Kier molecular flexibility index (Phi) is 4.67. The zero-order valence-corrected chi connectivity index (χ0v) is 13.3. The van der Waals surface area contributed by atoms with Crippen LogP contribution in [0, 0.1) is 6.92 Å². The summed E-state index contributed by atoms with van der Waals surface area (Å²) in [5.74, 6) is 0.488. The van der Waals surface area contributed by atoms with Crippen molar-refractivity contribution in [3.63, 3.8) is 0 Å². The molecule has 0 spiro atoms. The first-order chi connectivity index (χ1) is 9.93. The van der Waals surface area contributed by atoms with Crippen molar-refractivity contribution < 1.29 is 12.9 Å². The average molecular weight is 308 g/mol. The largest absolute Gasteiger partial charge is 0.359 e. The summed E-state index contributed by atoms with van der Waals surface area (Å²) in [6.45, 7) is 5.52. The van der Waals surface area contributed by atoms with Gasteiger partial charge in [0.2, 0.25) is 10.0 Å². The number of aromatic nitrogens is 1. The molecule has 0 fully saturated rings. The Labute approximate surface area is 125 Å². The van der Waals surface area contributed by atoms with E-state index in [4.69, 9.17) is 4.52 Å². The van der Waals surface area contributed by atoms with Crippen LogP contribution >= 0.6 is 0 Å². The van der Waals surface area contributed by atoms with Crippen LogP contribution in [-0.4, -0.2) is 19.3 Å². The normalized spacial score (nSPS) is 13.1. The third-order valence-electron chi connectivity index (χ3n) is 3.35. The van der Waals surface area contributed by atoms with E-state index in [9.17, 15) is 8.42 Å². The van der Waals surface area contributed by atoms with E-state index in [1.807, 2.05) is 44.2 Å². The third-order valence-corrected chi connectivity index (χ3v) is 4.80. The van der Waals surface area contributed by atoms with Crippen LogP contribution < -0.4 is 4.72 Å². The molecule has 0 amide bonds. The Morgan fingerprint density at radius 1 is 1.29 bits per heavy atom. The Hall–Kier alpha value is -1.82. The third kappa shape index (κ3) is 3.85. The standard InChI is InChI=1S/C15H20N2O3S/c1-4-14-15(12(3)16-20-14)17-21(18,19)10-11(2)13-8-6-5-7-9-13/h5-9,11,17H,4,10H2,1-3H3/t11-/m1/s1. The summed E-state index contributed by atoms with van der Waals surface area (Å²) < 4.78 is 32.3. The summed E-state index contributed by atoms with van der Waals surface area (Å²) in [6.07, 6.45) is 0.590. The Morgan fingerprint density at radius 2 is 1.95 bits per heavy atom. The van der Waals surface area contributed by atoms with Crippen molar-refractivity contribution in [3.05, 3.63) is 47.3 Å². The predicted molar refractivity (Wildman–Crippen MR) is 82.9 cm³/mol. The molecule has 2 aromatic rings. The molecule has 0 aliphatic rings. The molecule has 0 saturated heterocycles. The van der Waals surface area contributed by atoms with Crippen LogP contribution in [0.3, 0.4) is 0 Å². The van der Waals surface area contributed by atoms with Crippen molar-refractivity contribution in [3.8, 4) is 0 Å². The number of sulfonamides is 1. The molecule has 21 heavy (non-hydrogen) atoms. The van der Waals surface area contributed by atoms with Gasteiger partial charge in [-0.25, -0.2) is 8.42 Å². The van der Waals surface area contributed by atoms with Gasteiger partial charge in [0.15, 0.2) is 5.76 Å². The first-order valence-electron chi connectivity index (χ1n) is 6.93. The smallest absolute Gasteiger partial charge is 0.233 e. The molecule has 0 unspecified atom stereocenters. The van der Waals surface area contributed by atoms with Gasteiger partial charge in [0.05, 0.1) is 5.75 Å². The van der Waals surface area contributed by atoms with Gasteiger partial charge in [-0.15, -0.1) is 0 Å². The summed E-state index contributed by atoms with van der Waals surface area (Å²) in [4.78, 5) is 0. The summed E-state index contributed by atoms with van der Waals surface area (Å²) in [5.41, 5.74) is 2.03. The zero-order chi connectivity index (χ0) is 15.5. The molecule has 1 N–H and O–H groups in total. The molecule has 6 heteroatoms. The number of aryl methyl sites for hydroxylation is 2. The molecular weight excluding hydrogens is 288 g/mol. The molecule has 1 heterocycles. The molecule has 1 aromatic heterocycles. The number of nitrogens with zero attached hydrogens (tertiary/aromatic N) is 1. The molecule has 1 atom stereocenters. The summed E-state index contributed by atoms with van der Waals surface area (Å²) in [7, 11) is -3.46. The number of benzene rings is 1. The molecule has 1 aromatic carbocycles. The maximum Gasteiger partial charge on any atom is 0.233 e. The summed E-state index contributed by atoms with van der Waals surface area (Å²) in [6, 6.07) is 9.60. The second-order valence-electron chi connectivity index (χ2n) is 5.11. The molecule has 0 radical (unpaired) electrons. The first-order valence-corrected chi connectivity index (χ1v) is 8.58. The number of rotatable bonds is 6. The number of hydrogen-bond donors (Lipinski definition) is 1. The molecule has 2 rings (SSSR count). The highest BCUT2D eigenvalue weighted by molar-refractivity contribution is 7.92. The van der Waals surface area contributed by atoms with Crippen LogP contribution in [0.4, 0.5) is 5.69 Å². The quantitative estimate of drug-likeness (QED) is 0.890. The van der Waals surface area contributed by atoms with Gasteiger partial charge < -0.3 is 4.52 Å². The second-order valence-corrected chi connectivity index (χ2v) is 6.88. The lowest BCUT2D eigenvalue weighted by Gasteiger charge is -2.13. The second kappa shape index (κ2) is 6.30. The van der Waals surface area contributed by atoms with Gasteiger partial charge in [-0.3, -0.25) is 4.72 Å². The maximum atomic E-state index is 12.3. The monoisotopic (exact) mass is 308 g/mol. The fourth-order valence-corrected chi connectivity index (χ4v) is 3.70. The Bertz CT molecular complexity index is 693. The zero-order valence-electron chi connectivity index (χ0n) is 12.5. The van der Waals surface area contributed by atoms with Gasteiger partial charge in [0, 0.05) is 6.42 Å². The molecule has 0 aliphatic heterocycles. The molecule has 114 valence electrons. The van der Waals surface area contributed by atoms with Crippen LogP contribution in [0.5, 0.6) is 0 Å². The van der Waals surface area contributed by atoms with Crippen molar-refractivity contribution >= 4 is 15.7 Å².